The Morgan fingerprint density at radius 1 is 1.26 bits per heavy atom. The molecule has 122 valence electrons. The van der Waals surface area contributed by atoms with Gasteiger partial charge in [-0.2, -0.15) is 18.0 Å². The molecular weight excluding hydrogens is 346 g/mol. The Kier molecular flexibility index (Phi) is 3.80. The van der Waals surface area contributed by atoms with Crippen molar-refractivity contribution in [3.63, 3.8) is 0 Å². The number of aryl methyl sites for hydroxylation is 2. The molecule has 1 N–H and O–H groups in total. The third-order valence-electron chi connectivity index (χ3n) is 3.04. The van der Waals surface area contributed by atoms with Crippen LogP contribution in [0.5, 0.6) is 0 Å². The van der Waals surface area contributed by atoms with Crippen LogP contribution in [0.1, 0.15) is 17.6 Å². The van der Waals surface area contributed by atoms with Crippen LogP contribution in [-0.4, -0.2) is 23.0 Å². The number of imidazole rings is 1. The van der Waals surface area contributed by atoms with E-state index in [0.717, 1.165) is 12.1 Å². The smallest absolute Gasteiger partial charge is 0.278 e. The summed E-state index contributed by atoms with van der Waals surface area (Å²) < 4.78 is 55.2. The van der Waals surface area contributed by atoms with Crippen molar-refractivity contribution in [2.24, 2.45) is 0 Å². The zero-order valence-corrected chi connectivity index (χ0v) is 13.8. The molecule has 6 nitrogen and oxygen atoms in total. The van der Waals surface area contributed by atoms with Gasteiger partial charge in [-0.25, -0.2) is 13.8 Å². The minimum absolute atomic E-state index is 0.121. The second-order valence-corrected chi connectivity index (χ2v) is 7.55. The number of rotatable bonds is 4. The fourth-order valence-electron chi connectivity index (χ4n) is 2.18. The first kappa shape index (κ1) is 15.8. The quantitative estimate of drug-likeness (QED) is 0.778. The van der Waals surface area contributed by atoms with E-state index in [1.54, 1.807) is 13.8 Å². The highest BCUT2D eigenvalue weighted by Gasteiger charge is 2.27. The van der Waals surface area contributed by atoms with Gasteiger partial charge in [0.2, 0.25) is 9.99 Å². The molecule has 10 heteroatoms. The number of sulfonamides is 1. The molecule has 0 aliphatic rings. The highest BCUT2D eigenvalue weighted by molar-refractivity contribution is 7.92. The molecule has 0 fully saturated rings. The summed E-state index contributed by atoms with van der Waals surface area (Å²) in [4.78, 5) is 4.70. The van der Waals surface area contributed by atoms with E-state index in [0.29, 0.717) is 28.1 Å². The Balaban J connectivity index is 2.12. The maximum absolute atomic E-state index is 13.2. The summed E-state index contributed by atoms with van der Waals surface area (Å²) in [6.45, 7) is 3.50. The van der Waals surface area contributed by atoms with Gasteiger partial charge in [-0.1, -0.05) is 18.3 Å². The number of fused-ring (bicyclic) bond motifs is 1. The summed E-state index contributed by atoms with van der Waals surface area (Å²) in [5.41, 5.74) is 0.138. The van der Waals surface area contributed by atoms with Crippen molar-refractivity contribution < 1.29 is 17.2 Å². The molecule has 0 saturated heterocycles. The van der Waals surface area contributed by atoms with Crippen molar-refractivity contribution >= 4 is 32.0 Å². The minimum atomic E-state index is -4.10. The average molecular weight is 358 g/mol. The summed E-state index contributed by atoms with van der Waals surface area (Å²) in [5.74, 6) is -1.75. The minimum Gasteiger partial charge on any atom is -0.278 e. The molecule has 0 aliphatic heterocycles. The lowest BCUT2D eigenvalue weighted by Crippen LogP contribution is -2.17. The van der Waals surface area contributed by atoms with E-state index < -0.39 is 21.7 Å². The van der Waals surface area contributed by atoms with Crippen LogP contribution in [-0.2, 0) is 16.4 Å². The van der Waals surface area contributed by atoms with Gasteiger partial charge < -0.3 is 0 Å². The topological polar surface area (TPSA) is 76.4 Å². The number of nitrogens with zero attached hydrogens (tertiary/aromatic N) is 3. The maximum atomic E-state index is 13.2. The molecule has 0 aliphatic carbocycles. The molecule has 0 bridgehead atoms. The van der Waals surface area contributed by atoms with Gasteiger partial charge in [-0.05, 0) is 25.5 Å². The molecule has 0 spiro atoms. The van der Waals surface area contributed by atoms with Gasteiger partial charge in [0.1, 0.15) is 16.6 Å². The van der Waals surface area contributed by atoms with Crippen LogP contribution in [0, 0.1) is 18.6 Å². The monoisotopic (exact) mass is 358 g/mol. The lowest BCUT2D eigenvalue weighted by molar-refractivity contribution is 0.583. The summed E-state index contributed by atoms with van der Waals surface area (Å²) in [7, 11) is -4.10. The summed E-state index contributed by atoms with van der Waals surface area (Å²) in [6.07, 6.45) is 0.378. The molecule has 23 heavy (non-hydrogen) atoms. The summed E-state index contributed by atoms with van der Waals surface area (Å²) in [6, 6.07) is 2.46. The van der Waals surface area contributed by atoms with Gasteiger partial charge in [-0.15, -0.1) is 0 Å². The van der Waals surface area contributed by atoms with Crippen molar-refractivity contribution in [3.8, 4) is 0 Å². The third kappa shape index (κ3) is 2.91. The zero-order valence-electron chi connectivity index (χ0n) is 12.2. The van der Waals surface area contributed by atoms with Crippen LogP contribution in [0.4, 0.5) is 14.5 Å². The van der Waals surface area contributed by atoms with Crippen molar-refractivity contribution in [1.82, 2.24) is 14.6 Å². The summed E-state index contributed by atoms with van der Waals surface area (Å²) >= 11 is 1.26. The Bertz CT molecular complexity index is 975. The van der Waals surface area contributed by atoms with Gasteiger partial charge in [-0.3, -0.25) is 4.72 Å². The third-order valence-corrected chi connectivity index (χ3v) is 5.28. The van der Waals surface area contributed by atoms with Gasteiger partial charge in [0.05, 0.1) is 11.4 Å². The van der Waals surface area contributed by atoms with Gasteiger partial charge in [0, 0.05) is 6.07 Å². The van der Waals surface area contributed by atoms with E-state index in [9.17, 15) is 17.2 Å². The van der Waals surface area contributed by atoms with E-state index in [4.69, 9.17) is 0 Å². The second-order valence-electron chi connectivity index (χ2n) is 4.80. The van der Waals surface area contributed by atoms with Gasteiger partial charge >= 0.3 is 0 Å². The largest absolute Gasteiger partial charge is 0.281 e. The van der Waals surface area contributed by atoms with Crippen LogP contribution in [0.25, 0.3) is 4.96 Å². The Hall–Kier alpha value is -2.07. The second kappa shape index (κ2) is 5.53. The average Bonchev–Trinajstić information content (AvgIpc) is 2.91. The molecule has 0 radical (unpaired) electrons. The molecule has 0 unspecified atom stereocenters. The van der Waals surface area contributed by atoms with E-state index in [1.165, 1.54) is 15.9 Å². The first-order chi connectivity index (χ1) is 10.8. The van der Waals surface area contributed by atoms with Crippen molar-refractivity contribution in [1.29, 1.82) is 0 Å². The van der Waals surface area contributed by atoms with E-state index >= 15 is 0 Å². The molecule has 1 aromatic carbocycles. The number of hydrogen-bond acceptors (Lipinski definition) is 5. The number of aromatic nitrogens is 3. The Morgan fingerprint density at radius 2 is 1.91 bits per heavy atom. The fourth-order valence-corrected chi connectivity index (χ4v) is 4.38. The molecule has 0 saturated carbocycles. The van der Waals surface area contributed by atoms with Crippen LogP contribution in [0.3, 0.4) is 0 Å². The van der Waals surface area contributed by atoms with Crippen molar-refractivity contribution in [2.45, 2.75) is 25.3 Å². The SMILES string of the molecule is CCc1nc2sc(C)nn2c1S(=O)(=O)Nc1cc(F)cc(F)c1. The maximum Gasteiger partial charge on any atom is 0.281 e. The molecule has 3 aromatic rings. The van der Waals surface area contributed by atoms with E-state index in [-0.39, 0.29) is 10.7 Å². The molecule has 0 atom stereocenters. The van der Waals surface area contributed by atoms with Gasteiger partial charge in [0.15, 0.2) is 0 Å². The van der Waals surface area contributed by atoms with Gasteiger partial charge in [0.25, 0.3) is 10.0 Å². The molecule has 2 aromatic heterocycles. The van der Waals surface area contributed by atoms with E-state index in [1.807, 2.05) is 0 Å². The molecule has 2 heterocycles. The van der Waals surface area contributed by atoms with Crippen LogP contribution in [0.15, 0.2) is 23.2 Å². The van der Waals surface area contributed by atoms with E-state index in [2.05, 4.69) is 14.8 Å². The number of hydrogen-bond donors (Lipinski definition) is 1. The number of anilines is 1. The Morgan fingerprint density at radius 3 is 2.52 bits per heavy atom. The van der Waals surface area contributed by atoms with Crippen LogP contribution >= 0.6 is 11.3 Å². The molecule has 0 amide bonds. The standard InChI is InChI=1S/C13H12F2N4O2S2/c1-3-11-12(19-13(16-11)22-7(2)17-19)23(20,21)18-10-5-8(14)4-9(15)6-10/h4-6,18H,3H2,1-2H3. The zero-order chi connectivity index (χ0) is 16.8. The first-order valence-electron chi connectivity index (χ1n) is 6.64. The highest BCUT2D eigenvalue weighted by atomic mass is 32.2. The Labute approximate surface area is 134 Å². The fraction of sp³-hybridized carbons (Fsp3) is 0.231. The number of benzene rings is 1. The normalized spacial score (nSPS) is 12.0. The first-order valence-corrected chi connectivity index (χ1v) is 8.94. The lowest BCUT2D eigenvalue weighted by Gasteiger charge is -2.08. The van der Waals surface area contributed by atoms with Crippen molar-refractivity contribution in [2.75, 3.05) is 4.72 Å². The predicted octanol–water partition coefficient (Wildman–Crippen LogP) is 2.74. The van der Waals surface area contributed by atoms with Crippen molar-refractivity contribution in [3.05, 3.63) is 40.5 Å². The molecule has 3 rings (SSSR count). The van der Waals surface area contributed by atoms with Crippen LogP contribution < -0.4 is 4.72 Å². The predicted molar refractivity (Wildman–Crippen MR) is 82.1 cm³/mol. The van der Waals surface area contributed by atoms with Crippen LogP contribution in [0.2, 0.25) is 0 Å². The molecular formula is C13H12F2N4O2S2. The lowest BCUT2D eigenvalue weighted by atomic mass is 10.3. The number of halogens is 2. The highest BCUT2D eigenvalue weighted by Crippen LogP contribution is 2.25. The number of nitrogens with one attached hydrogen (secondary N) is 1. The summed E-state index contributed by atoms with van der Waals surface area (Å²) in [5, 5.41) is 4.66.